The Bertz CT molecular complexity index is 660. The molecule has 0 spiro atoms. The maximum absolute atomic E-state index is 4.47. The third-order valence-corrected chi connectivity index (χ3v) is 4.07. The SMILES string of the molecule is CC1CN=C(N[C@@H]2C[C@H]2c2cnn(-c3ccccc3)c2)N1. The van der Waals surface area contributed by atoms with Crippen LogP contribution >= 0.6 is 0 Å². The molecule has 1 aliphatic carbocycles. The highest BCUT2D eigenvalue weighted by Crippen LogP contribution is 2.40. The van der Waals surface area contributed by atoms with Crippen LogP contribution in [0.1, 0.15) is 24.8 Å². The van der Waals surface area contributed by atoms with Gasteiger partial charge in [-0.25, -0.2) is 4.68 Å². The number of aromatic nitrogens is 2. The van der Waals surface area contributed by atoms with Crippen molar-refractivity contribution in [1.82, 2.24) is 20.4 Å². The number of hydrogen-bond donors (Lipinski definition) is 2. The van der Waals surface area contributed by atoms with Crippen molar-refractivity contribution in [2.45, 2.75) is 31.3 Å². The summed E-state index contributed by atoms with van der Waals surface area (Å²) in [6.07, 6.45) is 5.26. The summed E-state index contributed by atoms with van der Waals surface area (Å²) in [4.78, 5) is 4.45. The minimum absolute atomic E-state index is 0.450. The second kappa shape index (κ2) is 4.91. The zero-order valence-electron chi connectivity index (χ0n) is 12.0. The van der Waals surface area contributed by atoms with Gasteiger partial charge in [-0.1, -0.05) is 18.2 Å². The molecule has 2 heterocycles. The molecule has 5 heteroatoms. The molecule has 4 rings (SSSR count). The van der Waals surface area contributed by atoms with Gasteiger partial charge in [0, 0.05) is 24.2 Å². The van der Waals surface area contributed by atoms with Crippen LogP contribution in [0.4, 0.5) is 0 Å². The van der Waals surface area contributed by atoms with Gasteiger partial charge in [-0.2, -0.15) is 5.10 Å². The molecule has 108 valence electrons. The second-order valence-electron chi connectivity index (χ2n) is 5.88. The molecular formula is C16H19N5. The molecule has 1 unspecified atom stereocenters. The van der Waals surface area contributed by atoms with E-state index in [9.17, 15) is 0 Å². The lowest BCUT2D eigenvalue weighted by atomic mass is 10.2. The van der Waals surface area contributed by atoms with Crippen molar-refractivity contribution in [2.24, 2.45) is 4.99 Å². The predicted molar refractivity (Wildman–Crippen MR) is 82.7 cm³/mol. The third kappa shape index (κ3) is 2.51. The molecule has 1 aromatic heterocycles. The Morgan fingerprint density at radius 1 is 1.29 bits per heavy atom. The fraction of sp³-hybridized carbons (Fsp3) is 0.375. The molecule has 0 amide bonds. The van der Waals surface area contributed by atoms with E-state index in [1.807, 2.05) is 29.1 Å². The van der Waals surface area contributed by atoms with Crippen LogP contribution in [0.2, 0.25) is 0 Å². The van der Waals surface area contributed by atoms with Crippen LogP contribution in [-0.4, -0.2) is 34.4 Å². The average molecular weight is 281 g/mol. The van der Waals surface area contributed by atoms with E-state index < -0.39 is 0 Å². The van der Waals surface area contributed by atoms with Gasteiger partial charge in [0.25, 0.3) is 0 Å². The molecular weight excluding hydrogens is 262 g/mol. The first-order valence-corrected chi connectivity index (χ1v) is 7.47. The standard InChI is InChI=1S/C16H19N5/c1-11-8-17-16(19-11)20-15-7-14(15)12-9-18-21(10-12)13-5-3-2-4-6-13/h2-6,9-11,14-15H,7-8H2,1H3,(H2,17,19,20)/t11?,14-,15+/m0/s1. The molecule has 2 aromatic rings. The maximum Gasteiger partial charge on any atom is 0.191 e. The number of guanidine groups is 1. The number of para-hydroxylation sites is 1. The second-order valence-corrected chi connectivity index (χ2v) is 5.88. The molecule has 2 N–H and O–H groups in total. The molecule has 0 saturated heterocycles. The van der Waals surface area contributed by atoms with Crippen LogP contribution in [0.5, 0.6) is 0 Å². The number of benzene rings is 1. The van der Waals surface area contributed by atoms with Gasteiger partial charge in [0.2, 0.25) is 0 Å². The normalized spacial score (nSPS) is 27.1. The van der Waals surface area contributed by atoms with Crippen LogP contribution in [0.15, 0.2) is 47.7 Å². The van der Waals surface area contributed by atoms with Crippen molar-refractivity contribution in [3.8, 4) is 5.69 Å². The third-order valence-electron chi connectivity index (χ3n) is 4.07. The fourth-order valence-corrected chi connectivity index (χ4v) is 2.79. The number of rotatable bonds is 3. The van der Waals surface area contributed by atoms with Crippen molar-refractivity contribution in [2.75, 3.05) is 6.54 Å². The minimum Gasteiger partial charge on any atom is -0.353 e. The van der Waals surface area contributed by atoms with Crippen LogP contribution in [0.3, 0.4) is 0 Å². The lowest BCUT2D eigenvalue weighted by Crippen LogP contribution is -2.39. The lowest BCUT2D eigenvalue weighted by Gasteiger charge is -2.07. The van der Waals surface area contributed by atoms with E-state index in [1.165, 1.54) is 5.56 Å². The molecule has 1 fully saturated rings. The highest BCUT2D eigenvalue weighted by atomic mass is 15.3. The molecule has 5 nitrogen and oxygen atoms in total. The maximum atomic E-state index is 4.47. The van der Waals surface area contributed by atoms with E-state index in [0.29, 0.717) is 18.0 Å². The summed E-state index contributed by atoms with van der Waals surface area (Å²) in [5, 5.41) is 11.3. The molecule has 2 aliphatic rings. The van der Waals surface area contributed by atoms with Gasteiger partial charge in [-0.05, 0) is 31.0 Å². The Morgan fingerprint density at radius 3 is 2.90 bits per heavy atom. The Morgan fingerprint density at radius 2 is 2.14 bits per heavy atom. The summed E-state index contributed by atoms with van der Waals surface area (Å²) in [6, 6.07) is 11.1. The lowest BCUT2D eigenvalue weighted by molar-refractivity contribution is 0.711. The van der Waals surface area contributed by atoms with Crippen molar-refractivity contribution in [3.63, 3.8) is 0 Å². The first-order chi connectivity index (χ1) is 10.3. The zero-order valence-corrected chi connectivity index (χ0v) is 12.0. The molecule has 21 heavy (non-hydrogen) atoms. The first kappa shape index (κ1) is 12.4. The topological polar surface area (TPSA) is 54.2 Å². The largest absolute Gasteiger partial charge is 0.353 e. The summed E-state index contributed by atoms with van der Waals surface area (Å²) in [5.74, 6) is 1.49. The van der Waals surface area contributed by atoms with Crippen molar-refractivity contribution >= 4 is 5.96 Å². The molecule has 0 radical (unpaired) electrons. The van der Waals surface area contributed by atoms with E-state index in [-0.39, 0.29) is 0 Å². The summed E-state index contributed by atoms with van der Waals surface area (Å²) in [5.41, 5.74) is 2.40. The van der Waals surface area contributed by atoms with Gasteiger partial charge < -0.3 is 10.6 Å². The molecule has 1 saturated carbocycles. The monoisotopic (exact) mass is 281 g/mol. The van der Waals surface area contributed by atoms with Crippen LogP contribution in [0, 0.1) is 0 Å². The first-order valence-electron chi connectivity index (χ1n) is 7.47. The predicted octanol–water partition coefficient (Wildman–Crippen LogP) is 1.67. The molecule has 3 atom stereocenters. The number of aliphatic imine (C=N–C) groups is 1. The van der Waals surface area contributed by atoms with Gasteiger partial charge in [0.15, 0.2) is 5.96 Å². The van der Waals surface area contributed by atoms with Gasteiger partial charge >= 0.3 is 0 Å². The Hall–Kier alpha value is -2.30. The van der Waals surface area contributed by atoms with Crippen molar-refractivity contribution < 1.29 is 0 Å². The summed E-state index contributed by atoms with van der Waals surface area (Å²) in [6.45, 7) is 3.01. The summed E-state index contributed by atoms with van der Waals surface area (Å²) >= 11 is 0. The van der Waals surface area contributed by atoms with Crippen LogP contribution in [0.25, 0.3) is 5.69 Å². The smallest absolute Gasteiger partial charge is 0.191 e. The quantitative estimate of drug-likeness (QED) is 0.900. The van der Waals surface area contributed by atoms with E-state index in [0.717, 1.165) is 24.6 Å². The molecule has 1 aromatic carbocycles. The highest BCUT2D eigenvalue weighted by Gasteiger charge is 2.40. The number of nitrogens with zero attached hydrogens (tertiary/aromatic N) is 3. The van der Waals surface area contributed by atoms with Gasteiger partial charge in [-0.3, -0.25) is 4.99 Å². The Kier molecular flexibility index (Phi) is 2.91. The van der Waals surface area contributed by atoms with Crippen LogP contribution < -0.4 is 10.6 Å². The number of nitrogens with one attached hydrogen (secondary N) is 2. The Balaban J connectivity index is 1.41. The van der Waals surface area contributed by atoms with E-state index in [4.69, 9.17) is 0 Å². The van der Waals surface area contributed by atoms with E-state index >= 15 is 0 Å². The summed E-state index contributed by atoms with van der Waals surface area (Å²) in [7, 11) is 0. The molecule has 1 aliphatic heterocycles. The zero-order chi connectivity index (χ0) is 14.2. The highest BCUT2D eigenvalue weighted by molar-refractivity contribution is 5.82. The van der Waals surface area contributed by atoms with Gasteiger partial charge in [0.05, 0.1) is 18.4 Å². The summed E-state index contributed by atoms with van der Waals surface area (Å²) < 4.78 is 1.94. The van der Waals surface area contributed by atoms with Crippen molar-refractivity contribution in [1.29, 1.82) is 0 Å². The van der Waals surface area contributed by atoms with E-state index in [1.54, 1.807) is 0 Å². The van der Waals surface area contributed by atoms with E-state index in [2.05, 4.69) is 46.0 Å². The number of hydrogen-bond acceptors (Lipinski definition) is 4. The van der Waals surface area contributed by atoms with Crippen LogP contribution in [-0.2, 0) is 0 Å². The van der Waals surface area contributed by atoms with Gasteiger partial charge in [-0.15, -0.1) is 0 Å². The fourth-order valence-electron chi connectivity index (χ4n) is 2.79. The molecule has 0 bridgehead atoms. The van der Waals surface area contributed by atoms with Crippen molar-refractivity contribution in [3.05, 3.63) is 48.3 Å². The Labute approximate surface area is 124 Å². The average Bonchev–Trinajstić information content (AvgIpc) is 2.92. The van der Waals surface area contributed by atoms with Gasteiger partial charge in [0.1, 0.15) is 0 Å². The minimum atomic E-state index is 0.450.